The summed E-state index contributed by atoms with van der Waals surface area (Å²) in [5.41, 5.74) is 0.665. The van der Waals surface area contributed by atoms with Crippen LogP contribution in [0.3, 0.4) is 0 Å². The zero-order chi connectivity index (χ0) is 13.5. The van der Waals surface area contributed by atoms with Crippen molar-refractivity contribution in [1.82, 2.24) is 0 Å². The van der Waals surface area contributed by atoms with Crippen molar-refractivity contribution in [3.63, 3.8) is 0 Å². The van der Waals surface area contributed by atoms with Crippen molar-refractivity contribution in [2.45, 2.75) is 13.8 Å². The van der Waals surface area contributed by atoms with Gasteiger partial charge in [0.2, 0.25) is 6.20 Å². The van der Waals surface area contributed by atoms with Crippen molar-refractivity contribution in [3.05, 3.63) is 38.5 Å². The van der Waals surface area contributed by atoms with E-state index in [1.54, 1.807) is 12.1 Å². The van der Waals surface area contributed by atoms with Gasteiger partial charge in [-0.05, 0) is 31.5 Å². The van der Waals surface area contributed by atoms with E-state index in [1.165, 1.54) is 6.08 Å². The molecule has 0 amide bonds. The molecular formula is C12H14BrNO4. The molecule has 0 atom stereocenters. The summed E-state index contributed by atoms with van der Waals surface area (Å²) in [6.45, 7) is 4.77. The molecule has 0 unspecified atom stereocenters. The van der Waals surface area contributed by atoms with Crippen molar-refractivity contribution in [2.75, 3.05) is 13.2 Å². The van der Waals surface area contributed by atoms with Crippen molar-refractivity contribution in [1.29, 1.82) is 0 Å². The third-order valence-corrected chi connectivity index (χ3v) is 2.73. The molecule has 1 rings (SSSR count). The molecule has 0 saturated heterocycles. The van der Waals surface area contributed by atoms with Crippen LogP contribution in [0.2, 0.25) is 0 Å². The Morgan fingerprint density at radius 2 is 1.83 bits per heavy atom. The Hall–Kier alpha value is -1.56. The minimum absolute atomic E-state index is 0.500. The zero-order valence-electron chi connectivity index (χ0n) is 10.2. The number of hydrogen-bond acceptors (Lipinski definition) is 4. The van der Waals surface area contributed by atoms with Gasteiger partial charge in [-0.25, -0.2) is 0 Å². The van der Waals surface area contributed by atoms with Crippen molar-refractivity contribution >= 4 is 22.0 Å². The van der Waals surface area contributed by atoms with Gasteiger partial charge < -0.3 is 9.47 Å². The summed E-state index contributed by atoms with van der Waals surface area (Å²) in [6, 6.07) is 3.45. The Labute approximate surface area is 114 Å². The van der Waals surface area contributed by atoms with Gasteiger partial charge in [0, 0.05) is 10.5 Å². The van der Waals surface area contributed by atoms with E-state index in [1.807, 2.05) is 13.8 Å². The van der Waals surface area contributed by atoms with Crippen LogP contribution in [0.25, 0.3) is 6.08 Å². The smallest absolute Gasteiger partial charge is 0.235 e. The molecule has 0 aliphatic carbocycles. The molecule has 0 radical (unpaired) electrons. The summed E-state index contributed by atoms with van der Waals surface area (Å²) in [7, 11) is 0. The van der Waals surface area contributed by atoms with Crippen LogP contribution < -0.4 is 9.47 Å². The standard InChI is InChI=1S/C12H14BrNO4/c1-3-17-11-7-9(5-6-14(15)16)10(13)8-12(11)18-4-2/h5-8H,3-4H2,1-2H3. The van der Waals surface area contributed by atoms with Crippen LogP contribution in [0.1, 0.15) is 19.4 Å². The summed E-state index contributed by atoms with van der Waals surface area (Å²) < 4.78 is 11.6. The Morgan fingerprint density at radius 1 is 1.28 bits per heavy atom. The summed E-state index contributed by atoms with van der Waals surface area (Å²) in [6.07, 6.45) is 2.29. The normalized spacial score (nSPS) is 10.6. The first-order valence-corrected chi connectivity index (χ1v) is 6.28. The largest absolute Gasteiger partial charge is 0.490 e. The maximum atomic E-state index is 10.3. The lowest BCUT2D eigenvalue weighted by molar-refractivity contribution is -0.400. The minimum Gasteiger partial charge on any atom is -0.490 e. The van der Waals surface area contributed by atoms with Crippen LogP contribution in [0.15, 0.2) is 22.8 Å². The fourth-order valence-electron chi connectivity index (χ4n) is 1.36. The van der Waals surface area contributed by atoms with Gasteiger partial charge in [0.1, 0.15) is 0 Å². The number of nitrogens with zero attached hydrogens (tertiary/aromatic N) is 1. The molecule has 5 nitrogen and oxygen atoms in total. The highest BCUT2D eigenvalue weighted by molar-refractivity contribution is 9.10. The molecule has 0 aliphatic heterocycles. The maximum Gasteiger partial charge on any atom is 0.235 e. The number of ether oxygens (including phenoxy) is 2. The number of halogens is 1. The number of benzene rings is 1. The molecule has 0 spiro atoms. The predicted molar refractivity (Wildman–Crippen MR) is 72.5 cm³/mol. The average Bonchev–Trinajstić information content (AvgIpc) is 2.31. The lowest BCUT2D eigenvalue weighted by Crippen LogP contribution is -1.99. The molecule has 98 valence electrons. The van der Waals surface area contributed by atoms with Gasteiger partial charge >= 0.3 is 0 Å². The zero-order valence-corrected chi connectivity index (χ0v) is 11.8. The molecular weight excluding hydrogens is 302 g/mol. The Bertz CT molecular complexity index is 460. The first-order valence-electron chi connectivity index (χ1n) is 5.49. The Morgan fingerprint density at radius 3 is 2.33 bits per heavy atom. The third kappa shape index (κ3) is 4.03. The molecule has 0 N–H and O–H groups in total. The van der Waals surface area contributed by atoms with Gasteiger partial charge in [0.25, 0.3) is 0 Å². The number of hydrogen-bond donors (Lipinski definition) is 0. The minimum atomic E-state index is -0.511. The van der Waals surface area contributed by atoms with E-state index >= 15 is 0 Å². The molecule has 1 aromatic rings. The molecule has 0 saturated carbocycles. The highest BCUT2D eigenvalue weighted by Crippen LogP contribution is 2.34. The lowest BCUT2D eigenvalue weighted by atomic mass is 10.2. The van der Waals surface area contributed by atoms with Gasteiger partial charge in [-0.1, -0.05) is 15.9 Å². The average molecular weight is 316 g/mol. The van der Waals surface area contributed by atoms with Crippen LogP contribution in [0.4, 0.5) is 0 Å². The Kier molecular flexibility index (Phi) is 5.64. The topological polar surface area (TPSA) is 61.6 Å². The highest BCUT2D eigenvalue weighted by atomic mass is 79.9. The van der Waals surface area contributed by atoms with E-state index in [0.717, 1.165) is 6.20 Å². The van der Waals surface area contributed by atoms with Crippen molar-refractivity contribution in [2.24, 2.45) is 0 Å². The molecule has 0 bridgehead atoms. The van der Waals surface area contributed by atoms with E-state index in [0.29, 0.717) is 34.7 Å². The van der Waals surface area contributed by atoms with Crippen molar-refractivity contribution in [3.8, 4) is 11.5 Å². The second kappa shape index (κ2) is 7.00. The lowest BCUT2D eigenvalue weighted by Gasteiger charge is -2.12. The van der Waals surface area contributed by atoms with Gasteiger partial charge in [-0.15, -0.1) is 0 Å². The molecule has 0 fully saturated rings. The van der Waals surface area contributed by atoms with Gasteiger partial charge in [-0.2, -0.15) is 0 Å². The third-order valence-electron chi connectivity index (χ3n) is 2.04. The second-order valence-corrected chi connectivity index (χ2v) is 4.14. The van der Waals surface area contributed by atoms with Crippen molar-refractivity contribution < 1.29 is 14.4 Å². The number of nitro groups is 1. The van der Waals surface area contributed by atoms with E-state index < -0.39 is 4.92 Å². The number of rotatable bonds is 6. The van der Waals surface area contributed by atoms with Crippen LogP contribution in [0, 0.1) is 10.1 Å². The van der Waals surface area contributed by atoms with Gasteiger partial charge in [0.05, 0.1) is 18.1 Å². The maximum absolute atomic E-state index is 10.3. The molecule has 18 heavy (non-hydrogen) atoms. The summed E-state index contributed by atoms with van der Waals surface area (Å²) in [5.74, 6) is 1.19. The SMILES string of the molecule is CCOc1cc(Br)c(C=C[N+](=O)[O-])cc1OCC. The monoisotopic (exact) mass is 315 g/mol. The highest BCUT2D eigenvalue weighted by Gasteiger charge is 2.09. The van der Waals surface area contributed by atoms with Crippen LogP contribution >= 0.6 is 15.9 Å². The quantitative estimate of drug-likeness (QED) is 0.595. The first-order chi connectivity index (χ1) is 8.58. The van der Waals surface area contributed by atoms with Gasteiger partial charge in [0.15, 0.2) is 11.5 Å². The molecule has 6 heteroatoms. The van der Waals surface area contributed by atoms with E-state index in [-0.39, 0.29) is 0 Å². The van der Waals surface area contributed by atoms with Crippen LogP contribution in [0.5, 0.6) is 11.5 Å². The fraction of sp³-hybridized carbons (Fsp3) is 0.333. The van der Waals surface area contributed by atoms with E-state index in [9.17, 15) is 10.1 Å². The Balaban J connectivity index is 3.13. The van der Waals surface area contributed by atoms with Gasteiger partial charge in [-0.3, -0.25) is 10.1 Å². The second-order valence-electron chi connectivity index (χ2n) is 3.29. The van der Waals surface area contributed by atoms with E-state index in [4.69, 9.17) is 9.47 Å². The molecule has 0 aromatic heterocycles. The summed E-state index contributed by atoms with van der Waals surface area (Å²) >= 11 is 3.34. The summed E-state index contributed by atoms with van der Waals surface area (Å²) in [5, 5.41) is 10.3. The predicted octanol–water partition coefficient (Wildman–Crippen LogP) is 3.49. The van der Waals surface area contributed by atoms with Crippen LogP contribution in [-0.2, 0) is 0 Å². The first kappa shape index (κ1) is 14.5. The molecule has 0 aliphatic rings. The fourth-order valence-corrected chi connectivity index (χ4v) is 1.81. The van der Waals surface area contributed by atoms with E-state index in [2.05, 4.69) is 15.9 Å². The summed E-state index contributed by atoms with van der Waals surface area (Å²) in [4.78, 5) is 9.80. The molecule has 0 heterocycles. The van der Waals surface area contributed by atoms with Crippen LogP contribution in [-0.4, -0.2) is 18.1 Å². The molecule has 1 aromatic carbocycles.